The van der Waals surface area contributed by atoms with Gasteiger partial charge in [0.1, 0.15) is 5.75 Å². The number of allylic oxidation sites excluding steroid dienone is 1. The Hall–Kier alpha value is -1.09. The van der Waals surface area contributed by atoms with Crippen molar-refractivity contribution < 1.29 is 9.29 Å². The first-order valence-corrected chi connectivity index (χ1v) is 4.72. The molecule has 0 spiro atoms. The topological polar surface area (TPSA) is 29.5 Å². The molecule has 0 heterocycles. The van der Waals surface area contributed by atoms with Crippen molar-refractivity contribution in [1.29, 1.82) is 0 Å². The quantitative estimate of drug-likeness (QED) is 0.594. The Kier molecular flexibility index (Phi) is 3.71. The van der Waals surface area contributed by atoms with Gasteiger partial charge in [-0.3, -0.25) is 0 Å². The van der Waals surface area contributed by atoms with Gasteiger partial charge in [0, 0.05) is 0 Å². The van der Waals surface area contributed by atoms with Crippen LogP contribution >= 0.6 is 12.0 Å². The zero-order chi connectivity index (χ0) is 9.68. The molecule has 0 atom stereocenters. The van der Waals surface area contributed by atoms with Gasteiger partial charge in [-0.2, -0.15) is 0 Å². The Morgan fingerprint density at radius 3 is 2.85 bits per heavy atom. The first-order valence-electron chi connectivity index (χ1n) is 3.98. The molecule has 0 amide bonds. The van der Waals surface area contributed by atoms with Crippen molar-refractivity contribution in [3.63, 3.8) is 0 Å². The second kappa shape index (κ2) is 4.82. The molecule has 0 fully saturated rings. The van der Waals surface area contributed by atoms with Crippen LogP contribution in [0.25, 0.3) is 0 Å². The Morgan fingerprint density at radius 1 is 1.46 bits per heavy atom. The Bertz CT molecular complexity index is 308. The van der Waals surface area contributed by atoms with Crippen LogP contribution in [0.2, 0.25) is 0 Å². The van der Waals surface area contributed by atoms with Crippen LogP contribution < -0.4 is 0 Å². The third-order valence-electron chi connectivity index (χ3n) is 1.44. The van der Waals surface area contributed by atoms with Crippen LogP contribution in [-0.2, 0) is 4.18 Å². The van der Waals surface area contributed by atoms with Crippen molar-refractivity contribution >= 4 is 12.0 Å². The Balaban J connectivity index is 2.66. The van der Waals surface area contributed by atoms with Crippen molar-refractivity contribution in [2.24, 2.45) is 0 Å². The molecular weight excluding hydrogens is 184 g/mol. The van der Waals surface area contributed by atoms with E-state index < -0.39 is 0 Å². The normalized spacial score (nSPS) is 10.6. The second-order valence-electron chi connectivity index (χ2n) is 2.62. The lowest BCUT2D eigenvalue weighted by Crippen LogP contribution is -1.76. The van der Waals surface area contributed by atoms with Crippen LogP contribution in [0.1, 0.15) is 12.5 Å². The van der Waals surface area contributed by atoms with Gasteiger partial charge in [-0.25, -0.2) is 0 Å². The van der Waals surface area contributed by atoms with Crippen LogP contribution in [0.15, 0.2) is 35.4 Å². The predicted octanol–water partition coefficient (Wildman–Crippen LogP) is 3.26. The van der Waals surface area contributed by atoms with Crippen LogP contribution in [0.5, 0.6) is 5.75 Å². The number of aromatic hydroxyl groups is 1. The number of phenolic OH excluding ortho intramolecular Hbond substituents is 1. The highest BCUT2D eigenvalue weighted by Gasteiger charge is 2.01. The zero-order valence-corrected chi connectivity index (χ0v) is 8.47. The fourth-order valence-corrected chi connectivity index (χ4v) is 1.37. The summed E-state index contributed by atoms with van der Waals surface area (Å²) in [5.74, 6) is 0.259. The minimum absolute atomic E-state index is 0.259. The van der Waals surface area contributed by atoms with Gasteiger partial charge >= 0.3 is 0 Å². The molecule has 0 bridgehead atoms. The number of phenols is 1. The third-order valence-corrected chi connectivity index (χ3v) is 2.18. The van der Waals surface area contributed by atoms with E-state index in [2.05, 4.69) is 0 Å². The molecule has 0 aliphatic carbocycles. The summed E-state index contributed by atoms with van der Waals surface area (Å²) in [4.78, 5) is 0.726. The summed E-state index contributed by atoms with van der Waals surface area (Å²) < 4.78 is 5.07. The first kappa shape index (κ1) is 9.99. The van der Waals surface area contributed by atoms with E-state index in [0.717, 1.165) is 22.5 Å². The SMILES string of the molecule is CC=COSc1ccc(C)cc1O. The molecule has 3 heteroatoms. The average Bonchev–Trinajstić information content (AvgIpc) is 2.09. The van der Waals surface area contributed by atoms with Crippen molar-refractivity contribution in [3.8, 4) is 5.75 Å². The van der Waals surface area contributed by atoms with Gasteiger partial charge in [-0.05, 0) is 31.5 Å². The molecule has 0 saturated carbocycles. The highest BCUT2D eigenvalue weighted by Crippen LogP contribution is 2.29. The number of benzene rings is 1. The Labute approximate surface area is 82.4 Å². The van der Waals surface area contributed by atoms with E-state index in [-0.39, 0.29) is 5.75 Å². The van der Waals surface area contributed by atoms with E-state index in [4.69, 9.17) is 4.18 Å². The van der Waals surface area contributed by atoms with Crippen molar-refractivity contribution in [3.05, 3.63) is 36.1 Å². The fraction of sp³-hybridized carbons (Fsp3) is 0.200. The molecule has 0 unspecified atom stereocenters. The molecular formula is C10H12O2S. The van der Waals surface area contributed by atoms with Gasteiger partial charge in [0.25, 0.3) is 0 Å². The van der Waals surface area contributed by atoms with Crippen LogP contribution in [0.4, 0.5) is 0 Å². The average molecular weight is 196 g/mol. The molecule has 1 rings (SSSR count). The number of hydrogen-bond acceptors (Lipinski definition) is 3. The highest BCUT2D eigenvalue weighted by molar-refractivity contribution is 7.94. The smallest absolute Gasteiger partial charge is 0.132 e. The van der Waals surface area contributed by atoms with Gasteiger partial charge in [0.15, 0.2) is 0 Å². The third kappa shape index (κ3) is 3.03. The van der Waals surface area contributed by atoms with E-state index in [1.807, 2.05) is 26.0 Å². The van der Waals surface area contributed by atoms with Gasteiger partial charge in [-0.1, -0.05) is 12.1 Å². The van der Waals surface area contributed by atoms with Crippen molar-refractivity contribution in [2.45, 2.75) is 18.7 Å². The van der Waals surface area contributed by atoms with E-state index in [1.165, 1.54) is 0 Å². The maximum atomic E-state index is 9.47. The zero-order valence-electron chi connectivity index (χ0n) is 7.65. The summed E-state index contributed by atoms with van der Waals surface area (Å²) >= 11 is 1.14. The molecule has 0 aliphatic heterocycles. The van der Waals surface area contributed by atoms with Crippen LogP contribution in [0.3, 0.4) is 0 Å². The molecule has 0 aliphatic rings. The maximum Gasteiger partial charge on any atom is 0.132 e. The van der Waals surface area contributed by atoms with Crippen LogP contribution in [-0.4, -0.2) is 5.11 Å². The molecule has 13 heavy (non-hydrogen) atoms. The maximum absolute atomic E-state index is 9.47. The van der Waals surface area contributed by atoms with Gasteiger partial charge in [0.2, 0.25) is 0 Å². The van der Waals surface area contributed by atoms with E-state index >= 15 is 0 Å². The largest absolute Gasteiger partial charge is 0.507 e. The first-order chi connectivity index (χ1) is 6.24. The summed E-state index contributed by atoms with van der Waals surface area (Å²) in [5, 5.41) is 9.47. The minimum atomic E-state index is 0.259. The van der Waals surface area contributed by atoms with Crippen molar-refractivity contribution in [2.75, 3.05) is 0 Å². The molecule has 1 N–H and O–H groups in total. The van der Waals surface area contributed by atoms with Gasteiger partial charge in [-0.15, -0.1) is 0 Å². The number of hydrogen-bond donors (Lipinski definition) is 1. The lowest BCUT2D eigenvalue weighted by Gasteiger charge is -2.02. The monoisotopic (exact) mass is 196 g/mol. The van der Waals surface area contributed by atoms with E-state index in [1.54, 1.807) is 18.4 Å². The molecule has 0 radical (unpaired) electrons. The second-order valence-corrected chi connectivity index (χ2v) is 3.42. The summed E-state index contributed by atoms with van der Waals surface area (Å²) in [7, 11) is 0. The summed E-state index contributed by atoms with van der Waals surface area (Å²) in [6, 6.07) is 5.47. The molecule has 2 nitrogen and oxygen atoms in total. The van der Waals surface area contributed by atoms with Crippen molar-refractivity contribution in [1.82, 2.24) is 0 Å². The highest BCUT2D eigenvalue weighted by atomic mass is 32.2. The fourth-order valence-electron chi connectivity index (χ4n) is 0.833. The van der Waals surface area contributed by atoms with E-state index in [0.29, 0.717) is 0 Å². The molecule has 0 aromatic heterocycles. The molecule has 70 valence electrons. The van der Waals surface area contributed by atoms with E-state index in [9.17, 15) is 5.11 Å². The van der Waals surface area contributed by atoms with Gasteiger partial charge < -0.3 is 9.29 Å². The summed E-state index contributed by atoms with van der Waals surface area (Å²) in [5.41, 5.74) is 1.04. The lowest BCUT2D eigenvalue weighted by atomic mass is 10.2. The Morgan fingerprint density at radius 2 is 2.23 bits per heavy atom. The van der Waals surface area contributed by atoms with Gasteiger partial charge in [0.05, 0.1) is 23.2 Å². The number of aryl methyl sites for hydroxylation is 1. The molecule has 1 aromatic rings. The standard InChI is InChI=1S/C10H12O2S/c1-3-6-12-13-10-5-4-8(2)7-9(10)11/h3-7,11H,1-2H3. The molecule has 0 saturated heterocycles. The molecule has 1 aromatic carbocycles. The summed E-state index contributed by atoms with van der Waals surface area (Å²) in [6.45, 7) is 3.80. The number of rotatable bonds is 3. The summed E-state index contributed by atoms with van der Waals surface area (Å²) in [6.07, 6.45) is 3.36. The minimum Gasteiger partial charge on any atom is -0.507 e. The predicted molar refractivity (Wildman–Crippen MR) is 54.6 cm³/mol. The van der Waals surface area contributed by atoms with Crippen LogP contribution in [0, 0.1) is 6.92 Å². The lowest BCUT2D eigenvalue weighted by molar-refractivity contribution is 0.459.